The van der Waals surface area contributed by atoms with Crippen molar-refractivity contribution in [2.75, 3.05) is 13.2 Å². The Balaban J connectivity index is 2.07. The number of nitrogens with one attached hydrogen (secondary N) is 1. The highest BCUT2D eigenvalue weighted by Crippen LogP contribution is 2.39. The summed E-state index contributed by atoms with van der Waals surface area (Å²) >= 11 is 0. The van der Waals surface area contributed by atoms with Crippen LogP contribution in [0.15, 0.2) is 0 Å². The van der Waals surface area contributed by atoms with Crippen molar-refractivity contribution in [3.8, 4) is 0 Å². The Kier molecular flexibility index (Phi) is 2.69. The van der Waals surface area contributed by atoms with Crippen molar-refractivity contribution in [3.05, 3.63) is 0 Å². The van der Waals surface area contributed by atoms with Gasteiger partial charge in [0.25, 0.3) is 0 Å². The lowest BCUT2D eigenvalue weighted by Gasteiger charge is -2.05. The number of carbonyl (C=O) groups excluding carboxylic acids is 1. The van der Waals surface area contributed by atoms with E-state index in [2.05, 4.69) is 5.32 Å². The summed E-state index contributed by atoms with van der Waals surface area (Å²) in [5.41, 5.74) is 5.69. The highest BCUT2D eigenvalue weighted by atomic mass is 16.3. The molecule has 4 nitrogen and oxygen atoms in total. The molecule has 2 unspecified atom stereocenters. The molecule has 2 atom stereocenters. The molecule has 0 heterocycles. The van der Waals surface area contributed by atoms with Gasteiger partial charge in [-0.05, 0) is 19.3 Å². The van der Waals surface area contributed by atoms with Crippen LogP contribution >= 0.6 is 0 Å². The second kappa shape index (κ2) is 3.41. The SMILES string of the molecule is CC1(N)CC1CNC(=O)CCO. The van der Waals surface area contributed by atoms with Gasteiger partial charge >= 0.3 is 0 Å². The molecule has 1 rings (SSSR count). The average Bonchev–Trinajstić information content (AvgIpc) is 2.56. The number of hydrogen-bond acceptors (Lipinski definition) is 3. The molecule has 4 N–H and O–H groups in total. The maximum absolute atomic E-state index is 10.9. The van der Waals surface area contributed by atoms with Gasteiger partial charge in [0.15, 0.2) is 0 Å². The topological polar surface area (TPSA) is 75.3 Å². The van der Waals surface area contributed by atoms with Crippen molar-refractivity contribution in [1.82, 2.24) is 5.32 Å². The summed E-state index contributed by atoms with van der Waals surface area (Å²) in [4.78, 5) is 10.9. The third kappa shape index (κ3) is 2.46. The van der Waals surface area contributed by atoms with Gasteiger partial charge < -0.3 is 16.2 Å². The van der Waals surface area contributed by atoms with Crippen LogP contribution in [0.3, 0.4) is 0 Å². The van der Waals surface area contributed by atoms with Crippen molar-refractivity contribution in [2.45, 2.75) is 25.3 Å². The zero-order valence-corrected chi connectivity index (χ0v) is 7.34. The Morgan fingerprint density at radius 3 is 2.83 bits per heavy atom. The fraction of sp³-hybridized carbons (Fsp3) is 0.875. The zero-order chi connectivity index (χ0) is 9.19. The van der Waals surface area contributed by atoms with Crippen molar-refractivity contribution in [3.63, 3.8) is 0 Å². The predicted octanol–water partition coefficient (Wildman–Crippen LogP) is -0.778. The lowest BCUT2D eigenvalue weighted by atomic mass is 10.2. The second-order valence-electron chi connectivity index (χ2n) is 3.68. The lowest BCUT2D eigenvalue weighted by Crippen LogP contribution is -2.30. The Morgan fingerprint density at radius 1 is 1.83 bits per heavy atom. The van der Waals surface area contributed by atoms with E-state index >= 15 is 0 Å². The van der Waals surface area contributed by atoms with E-state index < -0.39 is 0 Å². The highest BCUT2D eigenvalue weighted by Gasteiger charge is 2.46. The molecule has 0 bridgehead atoms. The third-order valence-corrected chi connectivity index (χ3v) is 2.34. The second-order valence-corrected chi connectivity index (χ2v) is 3.68. The van der Waals surface area contributed by atoms with Gasteiger partial charge in [-0.2, -0.15) is 0 Å². The fourth-order valence-corrected chi connectivity index (χ4v) is 1.20. The van der Waals surface area contributed by atoms with Crippen molar-refractivity contribution in [1.29, 1.82) is 0 Å². The summed E-state index contributed by atoms with van der Waals surface area (Å²) in [7, 11) is 0. The third-order valence-electron chi connectivity index (χ3n) is 2.34. The molecule has 0 aromatic heterocycles. The first kappa shape index (κ1) is 9.48. The molecule has 1 amide bonds. The Bertz CT molecular complexity index is 180. The molecule has 1 aliphatic rings. The summed E-state index contributed by atoms with van der Waals surface area (Å²) in [6, 6.07) is 0. The number of aliphatic hydroxyl groups is 1. The Labute approximate surface area is 72.1 Å². The number of nitrogens with two attached hydrogens (primary N) is 1. The molecule has 1 saturated carbocycles. The van der Waals surface area contributed by atoms with Crippen LogP contribution in [0.25, 0.3) is 0 Å². The van der Waals surface area contributed by atoms with Crippen molar-refractivity contribution in [2.24, 2.45) is 11.7 Å². The largest absolute Gasteiger partial charge is 0.396 e. The van der Waals surface area contributed by atoms with Gasteiger partial charge in [-0.1, -0.05) is 0 Å². The summed E-state index contributed by atoms with van der Waals surface area (Å²) in [6.45, 7) is 2.54. The zero-order valence-electron chi connectivity index (χ0n) is 7.34. The van der Waals surface area contributed by atoms with Crippen LogP contribution in [0.4, 0.5) is 0 Å². The van der Waals surface area contributed by atoms with Gasteiger partial charge in [-0.3, -0.25) is 4.79 Å². The van der Waals surface area contributed by atoms with Crippen LogP contribution in [-0.4, -0.2) is 29.7 Å². The van der Waals surface area contributed by atoms with Crippen LogP contribution in [0, 0.1) is 5.92 Å². The molecule has 0 aromatic carbocycles. The Hall–Kier alpha value is -0.610. The van der Waals surface area contributed by atoms with Crippen LogP contribution in [0.2, 0.25) is 0 Å². The standard InChI is InChI=1S/C8H16N2O2/c1-8(9)4-6(8)5-10-7(12)2-3-11/h6,11H,2-5,9H2,1H3,(H,10,12). The van der Waals surface area contributed by atoms with E-state index in [1.165, 1.54) is 0 Å². The molecule has 4 heteroatoms. The van der Waals surface area contributed by atoms with E-state index in [-0.39, 0.29) is 24.5 Å². The molecule has 0 spiro atoms. The lowest BCUT2D eigenvalue weighted by molar-refractivity contribution is -0.121. The number of amides is 1. The molecule has 1 fully saturated rings. The molecular weight excluding hydrogens is 156 g/mol. The molecule has 12 heavy (non-hydrogen) atoms. The van der Waals surface area contributed by atoms with E-state index in [9.17, 15) is 4.79 Å². The summed E-state index contributed by atoms with van der Waals surface area (Å²) in [6.07, 6.45) is 1.17. The van der Waals surface area contributed by atoms with Gasteiger partial charge in [0, 0.05) is 18.5 Å². The maximum atomic E-state index is 10.9. The van der Waals surface area contributed by atoms with Crippen LogP contribution in [-0.2, 0) is 4.79 Å². The van der Waals surface area contributed by atoms with Crippen LogP contribution in [0.5, 0.6) is 0 Å². The van der Waals surface area contributed by atoms with Crippen molar-refractivity contribution >= 4 is 5.91 Å². The monoisotopic (exact) mass is 172 g/mol. The van der Waals surface area contributed by atoms with Gasteiger partial charge in [0.2, 0.25) is 5.91 Å². The normalized spacial score (nSPS) is 33.1. The van der Waals surface area contributed by atoms with E-state index in [1.807, 2.05) is 6.92 Å². The minimum absolute atomic E-state index is 0.0769. The minimum atomic E-state index is -0.0970. The van der Waals surface area contributed by atoms with Gasteiger partial charge in [-0.25, -0.2) is 0 Å². The number of aliphatic hydroxyl groups excluding tert-OH is 1. The number of carbonyl (C=O) groups is 1. The summed E-state index contributed by atoms with van der Waals surface area (Å²) in [5.74, 6) is 0.320. The van der Waals surface area contributed by atoms with Gasteiger partial charge in [0.05, 0.1) is 6.61 Å². The van der Waals surface area contributed by atoms with Crippen LogP contribution < -0.4 is 11.1 Å². The van der Waals surface area contributed by atoms with E-state index in [0.717, 1.165) is 6.42 Å². The minimum Gasteiger partial charge on any atom is -0.396 e. The fourth-order valence-electron chi connectivity index (χ4n) is 1.20. The first-order chi connectivity index (χ1) is 5.56. The number of rotatable bonds is 4. The average molecular weight is 172 g/mol. The molecule has 0 aliphatic heterocycles. The summed E-state index contributed by atoms with van der Waals surface area (Å²) in [5, 5.41) is 11.2. The molecule has 1 aliphatic carbocycles. The van der Waals surface area contributed by atoms with Gasteiger partial charge in [-0.15, -0.1) is 0 Å². The molecule has 0 radical (unpaired) electrons. The molecule has 0 saturated heterocycles. The first-order valence-corrected chi connectivity index (χ1v) is 4.22. The maximum Gasteiger partial charge on any atom is 0.222 e. The van der Waals surface area contributed by atoms with E-state index in [0.29, 0.717) is 12.5 Å². The quantitative estimate of drug-likeness (QED) is 0.521. The molecule has 0 aromatic rings. The molecular formula is C8H16N2O2. The van der Waals surface area contributed by atoms with E-state index in [4.69, 9.17) is 10.8 Å². The van der Waals surface area contributed by atoms with E-state index in [1.54, 1.807) is 0 Å². The smallest absolute Gasteiger partial charge is 0.222 e. The van der Waals surface area contributed by atoms with Crippen LogP contribution in [0.1, 0.15) is 19.8 Å². The predicted molar refractivity (Wildman–Crippen MR) is 45.4 cm³/mol. The molecule has 70 valence electrons. The van der Waals surface area contributed by atoms with Crippen molar-refractivity contribution < 1.29 is 9.90 Å². The number of hydrogen-bond donors (Lipinski definition) is 3. The Morgan fingerprint density at radius 2 is 2.42 bits per heavy atom. The highest BCUT2D eigenvalue weighted by molar-refractivity contribution is 5.75. The summed E-state index contributed by atoms with van der Waals surface area (Å²) < 4.78 is 0. The first-order valence-electron chi connectivity index (χ1n) is 4.22. The van der Waals surface area contributed by atoms with Gasteiger partial charge in [0.1, 0.15) is 0 Å².